The van der Waals surface area contributed by atoms with Crippen LogP contribution in [-0.2, 0) is 4.79 Å². The molecule has 0 bridgehead atoms. The highest BCUT2D eigenvalue weighted by Crippen LogP contribution is 2.51. The first-order valence-electron chi connectivity index (χ1n) is 13.3. The monoisotopic (exact) mass is 727 g/mol. The summed E-state index contributed by atoms with van der Waals surface area (Å²) in [6.07, 6.45) is 1.36. The van der Waals surface area contributed by atoms with Crippen LogP contribution >= 0.6 is 57.4 Å². The quantitative estimate of drug-likeness (QED) is 0.222. The molecule has 41 heavy (non-hydrogen) atoms. The molecule has 1 amide bonds. The standard InChI is InChI=1S/C28H29Cl3IN7O2/c1-4-20(40)37-6-8-38(9-7-37)27-16-11-17(29)21-22-23(32)18(30)12-19(31)25(22)33-5-10-41-26(21)24(16)34-28(35-27)39-13-15(14-39)36(2)3/h4,11-12,15,33H,1,5-10,13-14H2,2-3H3. The van der Waals surface area contributed by atoms with E-state index in [9.17, 15) is 4.79 Å². The summed E-state index contributed by atoms with van der Waals surface area (Å²) in [5, 5.41) is 5.72. The largest absolute Gasteiger partial charge is 0.489 e. The number of carbonyl (C=O) groups is 1. The van der Waals surface area contributed by atoms with Crippen molar-refractivity contribution in [2.75, 3.05) is 81.6 Å². The zero-order chi connectivity index (χ0) is 29.0. The normalized spacial score (nSPS) is 17.3. The molecule has 2 aromatic carbocycles. The molecule has 3 aliphatic heterocycles. The van der Waals surface area contributed by atoms with E-state index in [0.717, 1.165) is 39.1 Å². The number of anilines is 3. The van der Waals surface area contributed by atoms with Crippen molar-refractivity contribution in [1.29, 1.82) is 0 Å². The van der Waals surface area contributed by atoms with Crippen molar-refractivity contribution < 1.29 is 9.53 Å². The van der Waals surface area contributed by atoms with Gasteiger partial charge in [0.25, 0.3) is 0 Å². The number of nitrogens with zero attached hydrogens (tertiary/aromatic N) is 6. The molecule has 0 radical (unpaired) electrons. The van der Waals surface area contributed by atoms with Crippen molar-refractivity contribution in [2.24, 2.45) is 0 Å². The first-order chi connectivity index (χ1) is 19.7. The van der Waals surface area contributed by atoms with E-state index in [1.807, 2.05) is 6.07 Å². The van der Waals surface area contributed by atoms with Crippen LogP contribution in [0.5, 0.6) is 5.75 Å². The minimum atomic E-state index is -0.0646. The number of hydrogen-bond donors (Lipinski definition) is 1. The highest BCUT2D eigenvalue weighted by Gasteiger charge is 2.34. The molecule has 0 saturated carbocycles. The summed E-state index contributed by atoms with van der Waals surface area (Å²) in [5.74, 6) is 1.94. The van der Waals surface area contributed by atoms with Crippen LogP contribution in [0.25, 0.3) is 22.0 Å². The van der Waals surface area contributed by atoms with Crippen molar-refractivity contribution >= 4 is 91.7 Å². The number of rotatable bonds is 4. The number of benzene rings is 2. The maximum absolute atomic E-state index is 12.2. The van der Waals surface area contributed by atoms with Crippen molar-refractivity contribution in [3.8, 4) is 16.9 Å². The van der Waals surface area contributed by atoms with E-state index in [1.54, 1.807) is 11.0 Å². The van der Waals surface area contributed by atoms with E-state index in [0.29, 0.717) is 83.2 Å². The lowest BCUT2D eigenvalue weighted by molar-refractivity contribution is -0.126. The van der Waals surface area contributed by atoms with Crippen molar-refractivity contribution in [2.45, 2.75) is 6.04 Å². The SMILES string of the molecule is C=CC(=O)N1CCN(c2nc(N3CC(N(C)C)C3)nc3c4c(c(Cl)cc23)-c2c(I)c(Cl)cc(Cl)c2NCCO4)CC1. The van der Waals surface area contributed by atoms with Gasteiger partial charge in [0.2, 0.25) is 11.9 Å². The third-order valence-electron chi connectivity index (χ3n) is 7.88. The summed E-state index contributed by atoms with van der Waals surface area (Å²) >= 11 is 22.6. The molecule has 4 heterocycles. The number of carbonyl (C=O) groups excluding carboxylic acids is 1. The number of piperazine rings is 1. The molecule has 13 heteroatoms. The number of ether oxygens (including phenoxy) is 1. The summed E-state index contributed by atoms with van der Waals surface area (Å²) in [5.41, 5.74) is 2.93. The Balaban J connectivity index is 1.55. The third-order valence-corrected chi connectivity index (χ3v) is 10.2. The molecule has 2 saturated heterocycles. The smallest absolute Gasteiger partial charge is 0.246 e. The molecule has 0 aliphatic carbocycles. The van der Waals surface area contributed by atoms with Crippen molar-refractivity contribution in [3.05, 3.63) is 43.4 Å². The minimum Gasteiger partial charge on any atom is -0.489 e. The van der Waals surface area contributed by atoms with Crippen molar-refractivity contribution in [3.63, 3.8) is 0 Å². The van der Waals surface area contributed by atoms with Gasteiger partial charge in [0.15, 0.2) is 5.75 Å². The lowest BCUT2D eigenvalue weighted by Gasteiger charge is -2.43. The van der Waals surface area contributed by atoms with Gasteiger partial charge < -0.3 is 29.7 Å². The van der Waals surface area contributed by atoms with Gasteiger partial charge in [-0.2, -0.15) is 4.98 Å². The van der Waals surface area contributed by atoms with Crippen LogP contribution in [0.15, 0.2) is 24.8 Å². The maximum Gasteiger partial charge on any atom is 0.246 e. The van der Waals surface area contributed by atoms with Gasteiger partial charge in [-0.3, -0.25) is 4.79 Å². The van der Waals surface area contributed by atoms with E-state index in [2.05, 4.69) is 63.3 Å². The number of aromatic nitrogens is 2. The Labute approximate surface area is 267 Å². The van der Waals surface area contributed by atoms with Gasteiger partial charge in [-0.15, -0.1) is 0 Å². The fourth-order valence-corrected chi connectivity index (χ4v) is 6.99. The molecule has 3 aromatic rings. The molecule has 6 rings (SSSR count). The topological polar surface area (TPSA) is 77.1 Å². The van der Waals surface area contributed by atoms with Gasteiger partial charge in [-0.1, -0.05) is 41.4 Å². The van der Waals surface area contributed by atoms with Crippen molar-refractivity contribution in [1.82, 2.24) is 19.8 Å². The van der Waals surface area contributed by atoms with Crippen LogP contribution in [0.1, 0.15) is 0 Å². The Morgan fingerprint density at radius 1 is 1.07 bits per heavy atom. The van der Waals surface area contributed by atoms with Gasteiger partial charge in [0, 0.05) is 71.9 Å². The first-order valence-corrected chi connectivity index (χ1v) is 15.6. The van der Waals surface area contributed by atoms with E-state index >= 15 is 0 Å². The number of nitrogens with one attached hydrogen (secondary N) is 1. The molecule has 0 spiro atoms. The average Bonchev–Trinajstić information content (AvgIpc) is 2.90. The van der Waals surface area contributed by atoms with Crippen LogP contribution in [0, 0.1) is 3.57 Å². The zero-order valence-corrected chi connectivity index (χ0v) is 27.1. The lowest BCUT2D eigenvalue weighted by Crippen LogP contribution is -2.58. The van der Waals surface area contributed by atoms with Crippen LogP contribution in [0.2, 0.25) is 15.1 Å². The number of halogens is 4. The molecule has 2 fully saturated rings. The molecule has 9 nitrogen and oxygen atoms in total. The summed E-state index contributed by atoms with van der Waals surface area (Å²) in [7, 11) is 4.17. The van der Waals surface area contributed by atoms with Crippen LogP contribution in [0.3, 0.4) is 0 Å². The van der Waals surface area contributed by atoms with Crippen LogP contribution in [0.4, 0.5) is 17.5 Å². The molecule has 1 N–H and O–H groups in total. The number of hydrogen-bond acceptors (Lipinski definition) is 8. The lowest BCUT2D eigenvalue weighted by atomic mass is 9.99. The fraction of sp³-hybridized carbons (Fsp3) is 0.393. The molecule has 0 unspecified atom stereocenters. The number of fused-ring (bicyclic) bond motifs is 5. The van der Waals surface area contributed by atoms with E-state index < -0.39 is 0 Å². The van der Waals surface area contributed by atoms with Gasteiger partial charge >= 0.3 is 0 Å². The number of likely N-dealkylation sites (N-methyl/N-ethyl adjacent to an activating group) is 1. The Bertz CT molecular complexity index is 1560. The van der Waals surface area contributed by atoms with Gasteiger partial charge in [0.05, 0.1) is 20.8 Å². The molecule has 0 atom stereocenters. The Morgan fingerprint density at radius 2 is 1.80 bits per heavy atom. The molecule has 216 valence electrons. The highest BCUT2D eigenvalue weighted by molar-refractivity contribution is 14.1. The van der Waals surface area contributed by atoms with Crippen LogP contribution < -0.4 is 19.9 Å². The predicted molar refractivity (Wildman–Crippen MR) is 175 cm³/mol. The Morgan fingerprint density at radius 3 is 2.49 bits per heavy atom. The van der Waals surface area contributed by atoms with E-state index in [4.69, 9.17) is 49.5 Å². The van der Waals surface area contributed by atoms with E-state index in [1.165, 1.54) is 6.08 Å². The zero-order valence-electron chi connectivity index (χ0n) is 22.7. The summed E-state index contributed by atoms with van der Waals surface area (Å²) < 4.78 is 7.25. The molecule has 3 aliphatic rings. The van der Waals surface area contributed by atoms with Gasteiger partial charge in [-0.25, -0.2) is 4.98 Å². The van der Waals surface area contributed by atoms with E-state index in [-0.39, 0.29) is 5.91 Å². The minimum absolute atomic E-state index is 0.0646. The maximum atomic E-state index is 12.2. The van der Waals surface area contributed by atoms with Gasteiger partial charge in [0.1, 0.15) is 17.9 Å². The summed E-state index contributed by atoms with van der Waals surface area (Å²) in [6.45, 7) is 8.60. The second kappa shape index (κ2) is 11.4. The fourth-order valence-electron chi connectivity index (χ4n) is 5.48. The van der Waals surface area contributed by atoms with Crippen LogP contribution in [-0.4, -0.2) is 98.2 Å². The Hall–Kier alpha value is -2.25. The first kappa shape index (κ1) is 28.9. The molecule has 1 aromatic heterocycles. The molecular formula is C28H29Cl3IN7O2. The Kier molecular flexibility index (Phi) is 8.05. The average molecular weight is 729 g/mol. The predicted octanol–water partition coefficient (Wildman–Crippen LogP) is 5.25. The third kappa shape index (κ3) is 5.15. The summed E-state index contributed by atoms with van der Waals surface area (Å²) in [6, 6.07) is 4.08. The number of amides is 1. The second-order valence-corrected chi connectivity index (χ2v) is 12.8. The molecular weight excluding hydrogens is 700 g/mol. The van der Waals surface area contributed by atoms with Gasteiger partial charge in [-0.05, 0) is 54.9 Å². The summed E-state index contributed by atoms with van der Waals surface area (Å²) in [4.78, 5) is 30.8. The second-order valence-electron chi connectivity index (χ2n) is 10.5. The highest BCUT2D eigenvalue weighted by atomic mass is 127.